The molecule has 0 fully saturated rings. The molecule has 32 heavy (non-hydrogen) atoms. The van der Waals surface area contributed by atoms with E-state index in [1.54, 1.807) is 23.3 Å². The molecule has 0 aromatic carbocycles. The standard InChI is InChI=1S/C21H29N7O3S/c1-5-6-8-28-17(22)16(18(29)25-21(28)31)27(9-7-13(2)3)20(30)15-12-32-19(24-15)14-10-23-26(4)11-14/h10-13H,5-9,22H2,1-4H3,(H,25,29,31). The third-order valence-corrected chi connectivity index (χ3v) is 5.96. The summed E-state index contributed by atoms with van der Waals surface area (Å²) in [7, 11) is 1.80. The molecular weight excluding hydrogens is 430 g/mol. The number of nitrogens with zero attached hydrogens (tertiary/aromatic N) is 5. The number of unbranched alkanes of at least 4 members (excludes halogenated alkanes) is 1. The van der Waals surface area contributed by atoms with Crippen LogP contribution in [0.25, 0.3) is 10.6 Å². The molecule has 0 aliphatic rings. The van der Waals surface area contributed by atoms with Crippen molar-refractivity contribution in [3.63, 3.8) is 0 Å². The van der Waals surface area contributed by atoms with E-state index in [4.69, 9.17) is 5.73 Å². The Balaban J connectivity index is 2.04. The molecule has 10 nitrogen and oxygen atoms in total. The van der Waals surface area contributed by atoms with Gasteiger partial charge in [-0.3, -0.25) is 28.7 Å². The molecule has 0 saturated heterocycles. The first kappa shape index (κ1) is 23.5. The number of carbonyl (C=O) groups excluding carboxylic acids is 1. The topological polar surface area (TPSA) is 132 Å². The van der Waals surface area contributed by atoms with E-state index < -0.39 is 17.2 Å². The van der Waals surface area contributed by atoms with Gasteiger partial charge in [0.2, 0.25) is 0 Å². The second-order valence-corrected chi connectivity index (χ2v) is 8.94. The lowest BCUT2D eigenvalue weighted by Gasteiger charge is -2.24. The van der Waals surface area contributed by atoms with Crippen LogP contribution in [0.5, 0.6) is 0 Å². The second-order valence-electron chi connectivity index (χ2n) is 8.08. The summed E-state index contributed by atoms with van der Waals surface area (Å²) < 4.78 is 2.98. The Morgan fingerprint density at radius 2 is 2.09 bits per heavy atom. The molecule has 1 amide bonds. The first-order valence-electron chi connectivity index (χ1n) is 10.6. The van der Waals surface area contributed by atoms with Gasteiger partial charge < -0.3 is 5.73 Å². The van der Waals surface area contributed by atoms with Gasteiger partial charge in [-0.15, -0.1) is 11.3 Å². The van der Waals surface area contributed by atoms with Crippen LogP contribution in [0, 0.1) is 5.92 Å². The summed E-state index contributed by atoms with van der Waals surface area (Å²) in [5, 5.41) is 6.45. The van der Waals surface area contributed by atoms with Gasteiger partial charge in [-0.25, -0.2) is 9.78 Å². The highest BCUT2D eigenvalue weighted by molar-refractivity contribution is 7.13. The molecule has 0 bridgehead atoms. The van der Waals surface area contributed by atoms with Crippen LogP contribution in [0.3, 0.4) is 0 Å². The predicted octanol–water partition coefficient (Wildman–Crippen LogP) is 2.47. The lowest BCUT2D eigenvalue weighted by atomic mass is 10.1. The van der Waals surface area contributed by atoms with Crippen LogP contribution < -0.4 is 21.9 Å². The third-order valence-electron chi connectivity index (χ3n) is 5.07. The quantitative estimate of drug-likeness (QED) is 0.505. The number of amides is 1. The number of thiazole rings is 1. The average Bonchev–Trinajstić information content (AvgIpc) is 3.38. The van der Waals surface area contributed by atoms with Crippen molar-refractivity contribution in [2.75, 3.05) is 17.2 Å². The van der Waals surface area contributed by atoms with Crippen LogP contribution in [-0.4, -0.2) is 36.8 Å². The molecule has 172 valence electrons. The molecule has 0 aliphatic heterocycles. The average molecular weight is 460 g/mol. The number of aromatic amines is 1. The fourth-order valence-electron chi connectivity index (χ4n) is 3.25. The van der Waals surface area contributed by atoms with Crippen LogP contribution in [0.15, 0.2) is 27.4 Å². The Morgan fingerprint density at radius 1 is 1.34 bits per heavy atom. The van der Waals surface area contributed by atoms with Crippen LogP contribution in [0.4, 0.5) is 11.5 Å². The molecule has 0 atom stereocenters. The van der Waals surface area contributed by atoms with Crippen LogP contribution in [0.1, 0.15) is 50.5 Å². The molecule has 3 aromatic heterocycles. The molecule has 0 unspecified atom stereocenters. The van der Waals surface area contributed by atoms with E-state index in [9.17, 15) is 14.4 Å². The number of rotatable bonds is 9. The lowest BCUT2D eigenvalue weighted by molar-refractivity contribution is 0.0981. The number of carbonyl (C=O) groups is 1. The Hall–Kier alpha value is -3.21. The molecule has 0 spiro atoms. The van der Waals surface area contributed by atoms with E-state index in [2.05, 4.69) is 15.1 Å². The predicted molar refractivity (Wildman–Crippen MR) is 126 cm³/mol. The maximum absolute atomic E-state index is 13.5. The molecule has 3 heterocycles. The Kier molecular flexibility index (Phi) is 7.29. The highest BCUT2D eigenvalue weighted by Crippen LogP contribution is 2.26. The summed E-state index contributed by atoms with van der Waals surface area (Å²) >= 11 is 1.32. The molecule has 3 aromatic rings. The number of nitrogen functional groups attached to an aromatic ring is 1. The minimum absolute atomic E-state index is 0.00739. The van der Waals surface area contributed by atoms with Crippen molar-refractivity contribution in [3.8, 4) is 10.6 Å². The minimum atomic E-state index is -0.680. The van der Waals surface area contributed by atoms with Gasteiger partial charge in [-0.1, -0.05) is 27.2 Å². The molecule has 3 rings (SSSR count). The maximum Gasteiger partial charge on any atom is 0.330 e. The van der Waals surface area contributed by atoms with Crippen molar-refractivity contribution in [2.24, 2.45) is 13.0 Å². The van der Waals surface area contributed by atoms with E-state index in [-0.39, 0.29) is 29.7 Å². The van der Waals surface area contributed by atoms with Gasteiger partial charge in [0.25, 0.3) is 11.5 Å². The zero-order valence-electron chi connectivity index (χ0n) is 18.8. The maximum atomic E-state index is 13.5. The Bertz CT molecular complexity index is 1200. The SMILES string of the molecule is CCCCn1c(N)c(N(CCC(C)C)C(=O)c2csc(-c3cnn(C)c3)n2)c(=O)[nH]c1=O. The first-order chi connectivity index (χ1) is 15.2. The number of aromatic nitrogens is 5. The summed E-state index contributed by atoms with van der Waals surface area (Å²) in [6, 6.07) is 0. The van der Waals surface area contributed by atoms with E-state index in [0.717, 1.165) is 18.4 Å². The van der Waals surface area contributed by atoms with Gasteiger partial charge in [0.15, 0.2) is 5.69 Å². The molecular formula is C21H29N7O3S. The third kappa shape index (κ3) is 4.98. The van der Waals surface area contributed by atoms with Crippen molar-refractivity contribution in [3.05, 3.63) is 44.3 Å². The van der Waals surface area contributed by atoms with Crippen molar-refractivity contribution in [1.82, 2.24) is 24.3 Å². The Labute approximate surface area is 189 Å². The molecule has 0 radical (unpaired) electrons. The normalized spacial score (nSPS) is 11.3. The highest BCUT2D eigenvalue weighted by atomic mass is 32.1. The smallest absolute Gasteiger partial charge is 0.330 e. The van der Waals surface area contributed by atoms with Crippen LogP contribution in [0.2, 0.25) is 0 Å². The van der Waals surface area contributed by atoms with Crippen molar-refractivity contribution in [1.29, 1.82) is 0 Å². The Morgan fingerprint density at radius 3 is 2.72 bits per heavy atom. The number of aryl methyl sites for hydroxylation is 1. The summed E-state index contributed by atoms with van der Waals surface area (Å²) in [6.45, 7) is 6.69. The number of hydrogen-bond acceptors (Lipinski definition) is 7. The van der Waals surface area contributed by atoms with Gasteiger partial charge in [0, 0.05) is 37.3 Å². The zero-order chi connectivity index (χ0) is 23.4. The largest absolute Gasteiger partial charge is 0.383 e. The van der Waals surface area contributed by atoms with E-state index >= 15 is 0 Å². The van der Waals surface area contributed by atoms with Crippen LogP contribution in [-0.2, 0) is 13.6 Å². The van der Waals surface area contributed by atoms with Gasteiger partial charge in [-0.2, -0.15) is 5.10 Å². The summed E-state index contributed by atoms with van der Waals surface area (Å²) in [5.41, 5.74) is 6.01. The monoisotopic (exact) mass is 459 g/mol. The van der Waals surface area contributed by atoms with E-state index in [0.29, 0.717) is 18.0 Å². The summed E-state index contributed by atoms with van der Waals surface area (Å²) in [4.78, 5) is 46.7. The number of nitrogens with two attached hydrogens (primary N) is 1. The zero-order valence-corrected chi connectivity index (χ0v) is 19.6. The number of H-pyrrole nitrogens is 1. The van der Waals surface area contributed by atoms with Crippen molar-refractivity contribution < 1.29 is 4.79 Å². The van der Waals surface area contributed by atoms with Crippen molar-refractivity contribution >= 4 is 28.7 Å². The number of nitrogens with one attached hydrogen (secondary N) is 1. The van der Waals surface area contributed by atoms with Gasteiger partial charge in [-0.05, 0) is 18.8 Å². The van der Waals surface area contributed by atoms with Gasteiger partial charge in [0.1, 0.15) is 16.5 Å². The number of hydrogen-bond donors (Lipinski definition) is 2. The fourth-order valence-corrected chi connectivity index (χ4v) is 4.02. The molecule has 3 N–H and O–H groups in total. The summed E-state index contributed by atoms with van der Waals surface area (Å²) in [5.74, 6) is -0.153. The highest BCUT2D eigenvalue weighted by Gasteiger charge is 2.27. The molecule has 11 heteroatoms. The van der Waals surface area contributed by atoms with E-state index in [1.165, 1.54) is 20.8 Å². The van der Waals surface area contributed by atoms with E-state index in [1.807, 2.05) is 27.0 Å². The van der Waals surface area contributed by atoms with Crippen LogP contribution >= 0.6 is 11.3 Å². The molecule has 0 aliphatic carbocycles. The van der Waals surface area contributed by atoms with Gasteiger partial charge in [0.05, 0.1) is 6.20 Å². The lowest BCUT2D eigenvalue weighted by Crippen LogP contribution is -2.42. The molecule has 0 saturated carbocycles. The van der Waals surface area contributed by atoms with Gasteiger partial charge >= 0.3 is 5.69 Å². The summed E-state index contributed by atoms with van der Waals surface area (Å²) in [6.07, 6.45) is 5.71. The second kappa shape index (κ2) is 9.94. The minimum Gasteiger partial charge on any atom is -0.383 e. The fraction of sp³-hybridized carbons (Fsp3) is 0.476. The van der Waals surface area contributed by atoms with Crippen molar-refractivity contribution in [2.45, 2.75) is 46.6 Å². The first-order valence-corrected chi connectivity index (χ1v) is 11.5. The number of anilines is 2.